The Morgan fingerprint density at radius 2 is 1.95 bits per heavy atom. The highest BCUT2D eigenvalue weighted by atomic mass is 16.1. The SMILES string of the molecule is CC(C)CCCCNC(=O)c1cc(NN)nc(C(C)C)c1. The molecule has 0 radical (unpaired) electrons. The zero-order valence-corrected chi connectivity index (χ0v) is 13.6. The van der Waals surface area contributed by atoms with E-state index in [1.165, 1.54) is 6.42 Å². The summed E-state index contributed by atoms with van der Waals surface area (Å²) in [5.74, 6) is 6.82. The van der Waals surface area contributed by atoms with Crippen LogP contribution >= 0.6 is 0 Å². The highest BCUT2D eigenvalue weighted by Gasteiger charge is 2.11. The molecule has 1 heterocycles. The lowest BCUT2D eigenvalue weighted by molar-refractivity contribution is 0.0952. The first-order valence-electron chi connectivity index (χ1n) is 7.70. The van der Waals surface area contributed by atoms with Gasteiger partial charge in [-0.05, 0) is 30.4 Å². The maximum absolute atomic E-state index is 12.2. The van der Waals surface area contributed by atoms with E-state index in [9.17, 15) is 4.79 Å². The Hall–Kier alpha value is -1.62. The van der Waals surface area contributed by atoms with Gasteiger partial charge in [0.05, 0.1) is 0 Å². The molecular formula is C16H28N4O. The minimum atomic E-state index is -0.0691. The number of nitrogens with two attached hydrogens (primary N) is 1. The smallest absolute Gasteiger partial charge is 0.251 e. The third kappa shape index (κ3) is 6.12. The lowest BCUT2D eigenvalue weighted by Crippen LogP contribution is -2.25. The van der Waals surface area contributed by atoms with Crippen molar-refractivity contribution >= 4 is 11.7 Å². The van der Waals surface area contributed by atoms with Crippen molar-refractivity contribution < 1.29 is 4.79 Å². The highest BCUT2D eigenvalue weighted by molar-refractivity contribution is 5.95. The van der Waals surface area contributed by atoms with Crippen molar-refractivity contribution in [1.29, 1.82) is 0 Å². The van der Waals surface area contributed by atoms with Crippen molar-refractivity contribution in [3.63, 3.8) is 0 Å². The molecule has 5 nitrogen and oxygen atoms in total. The summed E-state index contributed by atoms with van der Waals surface area (Å²) in [6.07, 6.45) is 3.35. The van der Waals surface area contributed by atoms with Crippen molar-refractivity contribution in [2.75, 3.05) is 12.0 Å². The first-order valence-corrected chi connectivity index (χ1v) is 7.70. The lowest BCUT2D eigenvalue weighted by atomic mass is 10.1. The molecule has 118 valence electrons. The van der Waals surface area contributed by atoms with Crippen molar-refractivity contribution in [3.8, 4) is 0 Å². The van der Waals surface area contributed by atoms with Crippen molar-refractivity contribution in [1.82, 2.24) is 10.3 Å². The van der Waals surface area contributed by atoms with Crippen LogP contribution in [-0.2, 0) is 0 Å². The van der Waals surface area contributed by atoms with Gasteiger partial charge in [-0.3, -0.25) is 4.79 Å². The number of hydrogen-bond acceptors (Lipinski definition) is 4. The molecule has 5 heteroatoms. The minimum absolute atomic E-state index is 0.0691. The molecular weight excluding hydrogens is 264 g/mol. The van der Waals surface area contributed by atoms with Crippen LogP contribution in [0.1, 0.15) is 68.9 Å². The van der Waals surface area contributed by atoms with E-state index < -0.39 is 0 Å². The van der Waals surface area contributed by atoms with Crippen molar-refractivity contribution in [2.45, 2.75) is 52.9 Å². The third-order valence-corrected chi connectivity index (χ3v) is 3.34. The number of hydrogen-bond donors (Lipinski definition) is 3. The van der Waals surface area contributed by atoms with E-state index in [-0.39, 0.29) is 11.8 Å². The van der Waals surface area contributed by atoms with Gasteiger partial charge in [0.1, 0.15) is 5.82 Å². The molecule has 0 bridgehead atoms. The topological polar surface area (TPSA) is 80.0 Å². The van der Waals surface area contributed by atoms with E-state index in [1.54, 1.807) is 6.07 Å². The Labute approximate surface area is 127 Å². The van der Waals surface area contributed by atoms with Gasteiger partial charge in [-0.2, -0.15) is 0 Å². The average Bonchev–Trinajstić information content (AvgIpc) is 2.45. The summed E-state index contributed by atoms with van der Waals surface area (Å²) >= 11 is 0. The molecule has 0 saturated heterocycles. The number of nitrogens with zero attached hydrogens (tertiary/aromatic N) is 1. The van der Waals surface area contributed by atoms with Crippen LogP contribution in [0.4, 0.5) is 5.82 Å². The first kappa shape index (κ1) is 17.4. The Bertz CT molecular complexity index is 458. The fourth-order valence-electron chi connectivity index (χ4n) is 2.03. The zero-order valence-electron chi connectivity index (χ0n) is 13.6. The quantitative estimate of drug-likeness (QED) is 0.391. The Morgan fingerprint density at radius 3 is 2.52 bits per heavy atom. The van der Waals surface area contributed by atoms with Crippen LogP contribution < -0.4 is 16.6 Å². The van der Waals surface area contributed by atoms with Crippen LogP contribution in [0.15, 0.2) is 12.1 Å². The van der Waals surface area contributed by atoms with Crippen LogP contribution in [0.25, 0.3) is 0 Å². The van der Waals surface area contributed by atoms with Gasteiger partial charge >= 0.3 is 0 Å². The van der Waals surface area contributed by atoms with E-state index in [1.807, 2.05) is 19.9 Å². The van der Waals surface area contributed by atoms with E-state index in [0.717, 1.165) is 18.5 Å². The molecule has 1 aromatic rings. The number of rotatable bonds is 8. The number of aromatic nitrogens is 1. The molecule has 1 amide bonds. The molecule has 0 aliphatic rings. The Balaban J connectivity index is 2.59. The number of nitrogen functional groups attached to an aromatic ring is 1. The fraction of sp³-hybridized carbons (Fsp3) is 0.625. The van der Waals surface area contributed by atoms with Crippen LogP contribution in [0.3, 0.4) is 0 Å². The maximum Gasteiger partial charge on any atom is 0.251 e. The zero-order chi connectivity index (χ0) is 15.8. The van der Waals surface area contributed by atoms with Gasteiger partial charge in [0.15, 0.2) is 0 Å². The normalized spacial score (nSPS) is 11.0. The predicted octanol–water partition coefficient (Wildman–Crippen LogP) is 3.05. The van der Waals surface area contributed by atoms with Gasteiger partial charge < -0.3 is 10.7 Å². The van der Waals surface area contributed by atoms with Gasteiger partial charge in [0, 0.05) is 17.8 Å². The number of hydrazine groups is 1. The Kier molecular flexibility index (Phi) is 7.15. The predicted molar refractivity (Wildman–Crippen MR) is 87.2 cm³/mol. The van der Waals surface area contributed by atoms with E-state index in [0.29, 0.717) is 23.8 Å². The summed E-state index contributed by atoms with van der Waals surface area (Å²) in [6, 6.07) is 3.50. The van der Waals surface area contributed by atoms with Crippen LogP contribution in [0, 0.1) is 5.92 Å². The number of anilines is 1. The molecule has 0 fully saturated rings. The van der Waals surface area contributed by atoms with E-state index in [2.05, 4.69) is 29.6 Å². The molecule has 0 spiro atoms. The largest absolute Gasteiger partial charge is 0.352 e. The molecule has 1 rings (SSSR count). The number of carbonyl (C=O) groups is 1. The van der Waals surface area contributed by atoms with Crippen molar-refractivity contribution in [3.05, 3.63) is 23.4 Å². The van der Waals surface area contributed by atoms with Gasteiger partial charge in [-0.15, -0.1) is 0 Å². The molecule has 0 saturated carbocycles. The van der Waals surface area contributed by atoms with Gasteiger partial charge in [0.25, 0.3) is 5.91 Å². The standard InChI is InChI=1S/C16H28N4O/c1-11(2)7-5-6-8-18-16(21)13-9-14(12(3)4)19-15(10-13)20-17/h9-12H,5-8,17H2,1-4H3,(H,18,21)(H,19,20). The fourth-order valence-corrected chi connectivity index (χ4v) is 2.03. The molecule has 0 aliphatic carbocycles. The number of nitrogens with one attached hydrogen (secondary N) is 2. The number of amides is 1. The van der Waals surface area contributed by atoms with Crippen LogP contribution in [-0.4, -0.2) is 17.4 Å². The van der Waals surface area contributed by atoms with Gasteiger partial charge in [-0.25, -0.2) is 10.8 Å². The van der Waals surface area contributed by atoms with Gasteiger partial charge in [0.2, 0.25) is 0 Å². The summed E-state index contributed by atoms with van der Waals surface area (Å²) in [6.45, 7) is 9.21. The molecule has 4 N–H and O–H groups in total. The van der Waals surface area contributed by atoms with Crippen molar-refractivity contribution in [2.24, 2.45) is 11.8 Å². The molecule has 21 heavy (non-hydrogen) atoms. The molecule has 0 aromatic carbocycles. The monoisotopic (exact) mass is 292 g/mol. The number of unbranched alkanes of at least 4 members (excludes halogenated alkanes) is 1. The van der Waals surface area contributed by atoms with Crippen LogP contribution in [0.2, 0.25) is 0 Å². The van der Waals surface area contributed by atoms with Gasteiger partial charge in [-0.1, -0.05) is 40.5 Å². The average molecular weight is 292 g/mol. The third-order valence-electron chi connectivity index (χ3n) is 3.34. The first-order chi connectivity index (χ1) is 9.93. The highest BCUT2D eigenvalue weighted by Crippen LogP contribution is 2.17. The molecule has 1 aromatic heterocycles. The number of carbonyl (C=O) groups excluding carboxylic acids is 1. The summed E-state index contributed by atoms with van der Waals surface area (Å²) < 4.78 is 0. The molecule has 0 unspecified atom stereocenters. The second kappa shape index (κ2) is 8.62. The summed E-state index contributed by atoms with van der Waals surface area (Å²) in [5.41, 5.74) is 3.97. The molecule has 0 aliphatic heterocycles. The summed E-state index contributed by atoms with van der Waals surface area (Å²) in [5, 5.41) is 2.95. The lowest BCUT2D eigenvalue weighted by Gasteiger charge is -2.11. The second-order valence-corrected chi connectivity index (χ2v) is 6.11. The van der Waals surface area contributed by atoms with Crippen LogP contribution in [0.5, 0.6) is 0 Å². The second-order valence-electron chi connectivity index (χ2n) is 6.11. The molecule has 0 atom stereocenters. The van der Waals surface area contributed by atoms with E-state index >= 15 is 0 Å². The summed E-state index contributed by atoms with van der Waals surface area (Å²) in [4.78, 5) is 16.5. The minimum Gasteiger partial charge on any atom is -0.352 e. The summed E-state index contributed by atoms with van der Waals surface area (Å²) in [7, 11) is 0. The van der Waals surface area contributed by atoms with E-state index in [4.69, 9.17) is 5.84 Å². The maximum atomic E-state index is 12.2. The number of pyridine rings is 1. The Morgan fingerprint density at radius 1 is 1.24 bits per heavy atom.